The van der Waals surface area contributed by atoms with Crippen LogP contribution in [0, 0.1) is 11.3 Å². The van der Waals surface area contributed by atoms with Crippen molar-refractivity contribution in [2.75, 3.05) is 29.9 Å². The normalized spacial score (nSPS) is 16.6. The summed E-state index contributed by atoms with van der Waals surface area (Å²) in [6, 6.07) is 17.8. The number of urea groups is 1. The zero-order valence-electron chi connectivity index (χ0n) is 24.8. The predicted molar refractivity (Wildman–Crippen MR) is 160 cm³/mol. The van der Waals surface area contributed by atoms with Crippen molar-refractivity contribution in [1.29, 1.82) is 5.26 Å². The van der Waals surface area contributed by atoms with E-state index in [1.807, 2.05) is 24.3 Å². The van der Waals surface area contributed by atoms with Crippen molar-refractivity contribution in [3.8, 4) is 6.07 Å². The third-order valence-electron chi connectivity index (χ3n) is 8.05. The van der Waals surface area contributed by atoms with Gasteiger partial charge in [-0.1, -0.05) is 30.3 Å². The molecule has 2 heterocycles. The number of piperazine rings is 1. The first-order chi connectivity index (χ1) is 21.7. The molecule has 0 aromatic heterocycles. The number of benzene rings is 3. The van der Waals surface area contributed by atoms with Crippen molar-refractivity contribution in [3.05, 3.63) is 89.0 Å². The van der Waals surface area contributed by atoms with Gasteiger partial charge in [-0.25, -0.2) is 14.5 Å². The number of anilines is 3. The number of halogens is 3. The highest BCUT2D eigenvalue weighted by atomic mass is 19.4. The van der Waals surface area contributed by atoms with E-state index in [0.717, 1.165) is 22.6 Å². The maximum absolute atomic E-state index is 13.6. The Hall–Kier alpha value is -5.58. The Kier molecular flexibility index (Phi) is 8.36. The highest BCUT2D eigenvalue weighted by molar-refractivity contribution is 6.23. The van der Waals surface area contributed by atoms with E-state index in [9.17, 15) is 32.3 Å². The topological polar surface area (TPSA) is 137 Å². The molecule has 2 fully saturated rings. The van der Waals surface area contributed by atoms with Gasteiger partial charge in [-0.3, -0.25) is 14.5 Å². The van der Waals surface area contributed by atoms with Crippen LogP contribution in [-0.4, -0.2) is 68.9 Å². The molecule has 0 bridgehead atoms. The smallest absolute Gasteiger partial charge is 0.417 e. The number of nitrogens with zero attached hydrogens (tertiary/aromatic N) is 5. The summed E-state index contributed by atoms with van der Waals surface area (Å²) >= 11 is 0. The van der Waals surface area contributed by atoms with Gasteiger partial charge in [0.15, 0.2) is 0 Å². The van der Waals surface area contributed by atoms with Crippen LogP contribution in [0.25, 0.3) is 0 Å². The molecule has 2 N–H and O–H groups in total. The zero-order valence-corrected chi connectivity index (χ0v) is 24.8. The lowest BCUT2D eigenvalue weighted by Crippen LogP contribution is -2.51. The van der Waals surface area contributed by atoms with E-state index in [1.54, 1.807) is 29.2 Å². The first-order valence-electron chi connectivity index (χ1n) is 14.2. The van der Waals surface area contributed by atoms with Gasteiger partial charge in [0.05, 0.1) is 29.4 Å². The molecule has 5 amide bonds. The van der Waals surface area contributed by atoms with Crippen LogP contribution in [0.3, 0.4) is 0 Å². The average molecular weight is 635 g/mol. The van der Waals surface area contributed by atoms with Crippen molar-refractivity contribution in [3.63, 3.8) is 0 Å². The van der Waals surface area contributed by atoms with E-state index in [1.165, 1.54) is 24.8 Å². The van der Waals surface area contributed by atoms with Crippen molar-refractivity contribution < 1.29 is 37.5 Å². The summed E-state index contributed by atoms with van der Waals surface area (Å²) in [7, 11) is 0. The van der Waals surface area contributed by atoms with Gasteiger partial charge >= 0.3 is 18.3 Å². The van der Waals surface area contributed by atoms with Crippen molar-refractivity contribution in [1.82, 2.24) is 14.7 Å². The second kappa shape index (κ2) is 12.1. The van der Waals surface area contributed by atoms with Gasteiger partial charge in [-0.05, 0) is 61.4 Å². The minimum Gasteiger partial charge on any atom is -0.465 e. The summed E-state index contributed by atoms with van der Waals surface area (Å²) in [4.78, 5) is 55.2. The number of hydrogen-bond donors (Lipinski definition) is 2. The van der Waals surface area contributed by atoms with E-state index in [-0.39, 0.29) is 31.2 Å². The Morgan fingerprint density at radius 3 is 2.33 bits per heavy atom. The molecule has 3 aromatic rings. The fourth-order valence-electron chi connectivity index (χ4n) is 5.39. The number of carbonyl (C=O) groups excluding carboxylic acids is 3. The number of hydrogen-bond acceptors (Lipinski definition) is 6. The summed E-state index contributed by atoms with van der Waals surface area (Å²) in [5.74, 6) is -0.986. The number of carboxylic acid groups (broad SMARTS) is 1. The molecule has 0 radical (unpaired) electrons. The molecule has 0 aliphatic carbocycles. The van der Waals surface area contributed by atoms with Crippen LogP contribution < -0.4 is 10.2 Å². The molecule has 0 spiro atoms. The van der Waals surface area contributed by atoms with Crippen molar-refractivity contribution in [2.45, 2.75) is 38.7 Å². The molecular weight excluding hydrogens is 605 g/mol. The summed E-state index contributed by atoms with van der Waals surface area (Å²) < 4.78 is 40.9. The van der Waals surface area contributed by atoms with Gasteiger partial charge in [-0.15, -0.1) is 0 Å². The minimum atomic E-state index is -4.86. The Bertz CT molecular complexity index is 1750. The number of nitrogens with one attached hydrogen (secondary N) is 1. The molecule has 14 heteroatoms. The van der Waals surface area contributed by atoms with E-state index >= 15 is 0 Å². The number of alkyl halides is 3. The van der Waals surface area contributed by atoms with E-state index in [2.05, 4.69) is 5.32 Å². The van der Waals surface area contributed by atoms with Gasteiger partial charge in [-0.2, -0.15) is 18.4 Å². The lowest BCUT2D eigenvalue weighted by molar-refractivity contribution is -0.138. The van der Waals surface area contributed by atoms with Crippen LogP contribution >= 0.6 is 0 Å². The van der Waals surface area contributed by atoms with Crippen molar-refractivity contribution in [2.24, 2.45) is 0 Å². The maximum Gasteiger partial charge on any atom is 0.417 e. The molecule has 2 aliphatic heterocycles. The predicted octanol–water partition coefficient (Wildman–Crippen LogP) is 5.39. The van der Waals surface area contributed by atoms with Crippen LogP contribution in [0.15, 0.2) is 66.7 Å². The maximum atomic E-state index is 13.6. The fourth-order valence-corrected chi connectivity index (χ4v) is 5.39. The number of para-hydroxylation sites is 1. The Morgan fingerprint density at radius 2 is 1.70 bits per heavy atom. The third kappa shape index (κ3) is 6.16. The summed E-state index contributed by atoms with van der Waals surface area (Å²) in [5, 5.41) is 21.5. The van der Waals surface area contributed by atoms with Gasteiger partial charge in [0.25, 0.3) is 5.91 Å². The molecule has 0 atom stereocenters. The first-order valence-corrected chi connectivity index (χ1v) is 14.2. The lowest BCUT2D eigenvalue weighted by atomic mass is 10.0. The number of amides is 5. The molecule has 2 aliphatic rings. The second-order valence-corrected chi connectivity index (χ2v) is 11.4. The van der Waals surface area contributed by atoms with E-state index in [4.69, 9.17) is 10.4 Å². The zero-order chi connectivity index (χ0) is 33.4. The molecule has 0 unspecified atom stereocenters. The molecule has 3 aromatic carbocycles. The summed E-state index contributed by atoms with van der Waals surface area (Å²) in [6.07, 6.45) is -5.99. The third-order valence-corrected chi connectivity index (χ3v) is 8.05. The monoisotopic (exact) mass is 634 g/mol. The SMILES string of the molecule is CC1(C)C(=O)N(c2ccc(C#N)c(C(F)(F)F)c2)C(=O)N1Cc1ccccc1Nc1ccc(CN2CCN(C(=O)O)CC2=O)cc1. The molecule has 0 saturated carbocycles. The Labute approximate surface area is 262 Å². The van der Waals surface area contributed by atoms with E-state index in [0.29, 0.717) is 41.0 Å². The van der Waals surface area contributed by atoms with Crippen LogP contribution in [-0.2, 0) is 28.9 Å². The number of imide groups is 1. The molecule has 238 valence electrons. The lowest BCUT2D eigenvalue weighted by Gasteiger charge is -2.32. The minimum absolute atomic E-state index is 0.0395. The number of nitriles is 1. The number of carbonyl (C=O) groups is 4. The molecule has 5 rings (SSSR count). The van der Waals surface area contributed by atoms with Gasteiger partial charge < -0.3 is 20.2 Å². The van der Waals surface area contributed by atoms with Crippen LogP contribution in [0.1, 0.15) is 36.1 Å². The molecule has 46 heavy (non-hydrogen) atoms. The van der Waals surface area contributed by atoms with Crippen LogP contribution in [0.4, 0.5) is 39.8 Å². The molecule has 11 nitrogen and oxygen atoms in total. The first kappa shape index (κ1) is 31.8. The summed E-state index contributed by atoms with van der Waals surface area (Å²) in [6.45, 7) is 3.66. The van der Waals surface area contributed by atoms with E-state index < -0.39 is 40.9 Å². The quantitative estimate of drug-likeness (QED) is 0.333. The fraction of sp³-hybridized carbons (Fsp3) is 0.281. The highest BCUT2D eigenvalue weighted by Gasteiger charge is 2.52. The molecule has 2 saturated heterocycles. The second-order valence-electron chi connectivity index (χ2n) is 11.4. The average Bonchev–Trinajstić information content (AvgIpc) is 3.17. The molecular formula is C32H29F3N6O5. The van der Waals surface area contributed by atoms with Gasteiger partial charge in [0, 0.05) is 31.0 Å². The number of rotatable bonds is 7. The van der Waals surface area contributed by atoms with Crippen LogP contribution in [0.5, 0.6) is 0 Å². The van der Waals surface area contributed by atoms with Gasteiger partial charge in [0.1, 0.15) is 12.1 Å². The summed E-state index contributed by atoms with van der Waals surface area (Å²) in [5.41, 5.74) is -0.734. The Morgan fingerprint density at radius 1 is 1.00 bits per heavy atom. The Balaban J connectivity index is 1.32. The standard InChI is InChI=1S/C32H29F3N6O5/c1-31(2)28(43)41(24-12-9-21(16-36)25(15-24)32(33,34)35)29(44)40(31)18-22-5-3-4-6-26(22)37-23-10-7-20(8-11-23)17-38-13-14-39(30(45)46)19-27(38)42/h3-12,15,37H,13-14,17-19H2,1-2H3,(H,45,46). The largest absolute Gasteiger partial charge is 0.465 e. The van der Waals surface area contributed by atoms with Crippen molar-refractivity contribution >= 4 is 41.0 Å². The van der Waals surface area contributed by atoms with Gasteiger partial charge in [0.2, 0.25) is 5.91 Å². The van der Waals surface area contributed by atoms with Crippen LogP contribution in [0.2, 0.25) is 0 Å². The highest BCUT2D eigenvalue weighted by Crippen LogP contribution is 2.39.